The molecule has 0 aliphatic rings. The molecule has 0 bridgehead atoms. The second kappa shape index (κ2) is 5.92. The Morgan fingerprint density at radius 3 is 2.40 bits per heavy atom. The quantitative estimate of drug-likeness (QED) is 0.747. The summed E-state index contributed by atoms with van der Waals surface area (Å²) in [6.45, 7) is 3.81. The smallest absolute Gasteiger partial charge is 0.253 e. The number of benzene rings is 2. The van der Waals surface area contributed by atoms with Gasteiger partial charge in [-0.05, 0) is 28.8 Å². The third-order valence-corrected chi connectivity index (χ3v) is 3.48. The largest absolute Gasteiger partial charge is 0.398 e. The number of aliphatic hydroxyl groups is 1. The molecule has 2 rings (SSSR count). The first kappa shape index (κ1) is 14.3. The molecule has 0 radical (unpaired) electrons. The third-order valence-electron chi connectivity index (χ3n) is 3.48. The Labute approximate surface area is 118 Å². The fourth-order valence-corrected chi connectivity index (χ4v) is 2.12. The van der Waals surface area contributed by atoms with Gasteiger partial charge in [0.1, 0.15) is 0 Å². The molecule has 0 aromatic heterocycles. The molecule has 20 heavy (non-hydrogen) atoms. The van der Waals surface area contributed by atoms with Crippen molar-refractivity contribution in [3.05, 3.63) is 42.0 Å². The van der Waals surface area contributed by atoms with E-state index in [4.69, 9.17) is 5.73 Å². The van der Waals surface area contributed by atoms with E-state index in [9.17, 15) is 9.90 Å². The van der Waals surface area contributed by atoms with E-state index in [2.05, 4.69) is 5.32 Å². The van der Waals surface area contributed by atoms with Crippen molar-refractivity contribution in [3.8, 4) is 0 Å². The standard InChI is InChI=1S/C16H20N2O2/c1-10(2)15(9-19)18-16(20)13-7-11-5-3-4-6-12(11)8-14(13)17/h3-8,10,15,19H,9,17H2,1-2H3,(H,18,20). The van der Waals surface area contributed by atoms with Crippen molar-refractivity contribution in [2.75, 3.05) is 12.3 Å². The molecule has 2 aromatic rings. The van der Waals surface area contributed by atoms with Gasteiger partial charge in [-0.15, -0.1) is 0 Å². The molecule has 4 heteroatoms. The van der Waals surface area contributed by atoms with Crippen LogP contribution in [0, 0.1) is 5.92 Å². The van der Waals surface area contributed by atoms with Crippen molar-refractivity contribution < 1.29 is 9.90 Å². The summed E-state index contributed by atoms with van der Waals surface area (Å²) >= 11 is 0. The Kier molecular flexibility index (Phi) is 4.25. The highest BCUT2D eigenvalue weighted by molar-refractivity contribution is 6.04. The first-order valence-corrected chi connectivity index (χ1v) is 6.73. The van der Waals surface area contributed by atoms with Crippen molar-refractivity contribution >= 4 is 22.4 Å². The maximum atomic E-state index is 12.3. The molecular formula is C16H20N2O2. The summed E-state index contributed by atoms with van der Waals surface area (Å²) in [5, 5.41) is 14.1. The first-order valence-electron chi connectivity index (χ1n) is 6.73. The lowest BCUT2D eigenvalue weighted by Gasteiger charge is -2.20. The van der Waals surface area contributed by atoms with Crippen LogP contribution in [-0.4, -0.2) is 23.7 Å². The maximum Gasteiger partial charge on any atom is 0.253 e. The number of rotatable bonds is 4. The average molecular weight is 272 g/mol. The predicted molar refractivity (Wildman–Crippen MR) is 81.5 cm³/mol. The van der Waals surface area contributed by atoms with Crippen molar-refractivity contribution in [1.29, 1.82) is 0 Å². The lowest BCUT2D eigenvalue weighted by atomic mass is 10.0. The van der Waals surface area contributed by atoms with Gasteiger partial charge in [0.25, 0.3) is 5.91 Å². The summed E-state index contributed by atoms with van der Waals surface area (Å²) in [6, 6.07) is 11.1. The number of hydrogen-bond acceptors (Lipinski definition) is 3. The zero-order chi connectivity index (χ0) is 14.7. The number of hydrogen-bond donors (Lipinski definition) is 3. The number of nitrogen functional groups attached to an aromatic ring is 1. The molecule has 0 aliphatic heterocycles. The number of nitrogens with two attached hydrogens (primary N) is 1. The van der Waals surface area contributed by atoms with Gasteiger partial charge in [-0.2, -0.15) is 0 Å². The highest BCUT2D eigenvalue weighted by Gasteiger charge is 2.18. The van der Waals surface area contributed by atoms with Crippen LogP contribution in [0.15, 0.2) is 36.4 Å². The molecule has 1 atom stereocenters. The molecular weight excluding hydrogens is 252 g/mol. The Bertz CT molecular complexity index is 623. The zero-order valence-corrected chi connectivity index (χ0v) is 11.8. The van der Waals surface area contributed by atoms with Crippen molar-refractivity contribution in [2.45, 2.75) is 19.9 Å². The Hall–Kier alpha value is -2.07. The van der Waals surface area contributed by atoms with Gasteiger partial charge in [0, 0.05) is 5.69 Å². The van der Waals surface area contributed by atoms with E-state index in [0.717, 1.165) is 10.8 Å². The molecule has 4 nitrogen and oxygen atoms in total. The molecule has 0 saturated carbocycles. The first-order chi connectivity index (χ1) is 9.52. The van der Waals surface area contributed by atoms with Crippen molar-refractivity contribution in [1.82, 2.24) is 5.32 Å². The topological polar surface area (TPSA) is 75.3 Å². The van der Waals surface area contributed by atoms with Crippen LogP contribution in [0.3, 0.4) is 0 Å². The Balaban J connectivity index is 2.32. The minimum atomic E-state index is -0.270. The molecule has 106 valence electrons. The predicted octanol–water partition coefficient (Wildman–Crippen LogP) is 2.17. The van der Waals surface area contributed by atoms with Crippen LogP contribution < -0.4 is 11.1 Å². The van der Waals surface area contributed by atoms with Crippen LogP contribution in [0.2, 0.25) is 0 Å². The van der Waals surface area contributed by atoms with Crippen molar-refractivity contribution in [3.63, 3.8) is 0 Å². The van der Waals surface area contributed by atoms with Gasteiger partial charge in [-0.25, -0.2) is 0 Å². The number of anilines is 1. The van der Waals surface area contributed by atoms with Crippen LogP contribution in [0.1, 0.15) is 24.2 Å². The molecule has 2 aromatic carbocycles. The van der Waals surface area contributed by atoms with Gasteiger partial charge in [0.05, 0.1) is 18.2 Å². The maximum absolute atomic E-state index is 12.3. The highest BCUT2D eigenvalue weighted by Crippen LogP contribution is 2.22. The lowest BCUT2D eigenvalue weighted by molar-refractivity contribution is 0.0898. The van der Waals surface area contributed by atoms with Gasteiger partial charge in [-0.3, -0.25) is 4.79 Å². The molecule has 1 unspecified atom stereocenters. The Morgan fingerprint density at radius 1 is 1.25 bits per heavy atom. The number of carbonyl (C=O) groups excluding carboxylic acids is 1. The van der Waals surface area contributed by atoms with E-state index in [1.807, 2.05) is 38.1 Å². The SMILES string of the molecule is CC(C)C(CO)NC(=O)c1cc2ccccc2cc1N. The average Bonchev–Trinajstić information content (AvgIpc) is 2.43. The van der Waals surface area contributed by atoms with Crippen LogP contribution in [0.4, 0.5) is 5.69 Å². The highest BCUT2D eigenvalue weighted by atomic mass is 16.3. The molecule has 1 amide bonds. The number of amides is 1. The summed E-state index contributed by atoms with van der Waals surface area (Å²) in [4.78, 5) is 12.3. The van der Waals surface area contributed by atoms with Crippen LogP contribution in [0.5, 0.6) is 0 Å². The van der Waals surface area contributed by atoms with E-state index in [-0.39, 0.29) is 24.5 Å². The monoisotopic (exact) mass is 272 g/mol. The minimum absolute atomic E-state index is 0.0864. The third kappa shape index (κ3) is 2.91. The summed E-state index contributed by atoms with van der Waals surface area (Å²) < 4.78 is 0. The van der Waals surface area contributed by atoms with E-state index in [1.165, 1.54) is 0 Å². The van der Waals surface area contributed by atoms with Gasteiger partial charge >= 0.3 is 0 Å². The Morgan fingerprint density at radius 2 is 1.85 bits per heavy atom. The normalized spacial score (nSPS) is 12.6. The van der Waals surface area contributed by atoms with Crippen LogP contribution in [-0.2, 0) is 0 Å². The lowest BCUT2D eigenvalue weighted by Crippen LogP contribution is -2.41. The summed E-state index contributed by atoms with van der Waals surface area (Å²) in [5.41, 5.74) is 6.85. The van der Waals surface area contributed by atoms with Gasteiger partial charge in [0.15, 0.2) is 0 Å². The number of aliphatic hydroxyl groups excluding tert-OH is 1. The molecule has 0 saturated heterocycles. The summed E-state index contributed by atoms with van der Waals surface area (Å²) in [7, 11) is 0. The number of fused-ring (bicyclic) bond motifs is 1. The minimum Gasteiger partial charge on any atom is -0.398 e. The van der Waals surface area contributed by atoms with E-state index in [0.29, 0.717) is 11.3 Å². The van der Waals surface area contributed by atoms with E-state index < -0.39 is 0 Å². The van der Waals surface area contributed by atoms with E-state index in [1.54, 1.807) is 12.1 Å². The fraction of sp³-hybridized carbons (Fsp3) is 0.312. The molecule has 0 spiro atoms. The van der Waals surface area contributed by atoms with Crippen molar-refractivity contribution in [2.24, 2.45) is 5.92 Å². The van der Waals surface area contributed by atoms with Gasteiger partial charge < -0.3 is 16.2 Å². The van der Waals surface area contributed by atoms with E-state index >= 15 is 0 Å². The second-order valence-electron chi connectivity index (χ2n) is 5.29. The molecule has 0 aliphatic carbocycles. The summed E-state index contributed by atoms with van der Waals surface area (Å²) in [5.74, 6) is -0.0911. The number of carbonyl (C=O) groups is 1. The fourth-order valence-electron chi connectivity index (χ4n) is 2.12. The molecule has 4 N–H and O–H groups in total. The van der Waals surface area contributed by atoms with Gasteiger partial charge in [0.2, 0.25) is 0 Å². The molecule has 0 heterocycles. The molecule has 0 fully saturated rings. The number of nitrogens with one attached hydrogen (secondary N) is 1. The van der Waals surface area contributed by atoms with Gasteiger partial charge in [-0.1, -0.05) is 38.1 Å². The van der Waals surface area contributed by atoms with Crippen LogP contribution in [0.25, 0.3) is 10.8 Å². The van der Waals surface area contributed by atoms with Crippen LogP contribution >= 0.6 is 0 Å². The zero-order valence-electron chi connectivity index (χ0n) is 11.8. The second-order valence-corrected chi connectivity index (χ2v) is 5.29. The summed E-state index contributed by atoms with van der Waals surface area (Å²) in [6.07, 6.45) is 0.